The lowest BCUT2D eigenvalue weighted by molar-refractivity contribution is 0.0721. The first kappa shape index (κ1) is 11.8. The number of rotatable bonds is 2. The first-order chi connectivity index (χ1) is 7.77. The monoisotopic (exact) mass is 281 g/mol. The molecule has 0 radical (unpaired) electrons. The minimum atomic E-state index is 0.0662. The number of aliphatic imine (C=N–C) groups is 1. The number of hydrogen-bond acceptors (Lipinski definition) is 2. The third kappa shape index (κ3) is 2.36. The van der Waals surface area contributed by atoms with Crippen molar-refractivity contribution in [3.8, 4) is 0 Å². The maximum absolute atomic E-state index is 5.45. The van der Waals surface area contributed by atoms with Crippen LogP contribution in [0.5, 0.6) is 0 Å². The summed E-state index contributed by atoms with van der Waals surface area (Å²) in [5, 5.41) is 0. The van der Waals surface area contributed by atoms with Gasteiger partial charge in [0.2, 0.25) is 0 Å². The standard InChI is InChI=1S/C13H16BrNO/c1-15-10-13(5-7-16-8-6-13)11-3-2-4-12(14)9-11/h2-4,9-10H,5-8H2,1H3/b15-10+. The van der Waals surface area contributed by atoms with Crippen molar-refractivity contribution in [1.82, 2.24) is 0 Å². The Bertz CT molecular complexity index is 383. The van der Waals surface area contributed by atoms with Gasteiger partial charge in [0.15, 0.2) is 0 Å². The Morgan fingerprint density at radius 3 is 2.75 bits per heavy atom. The molecule has 1 aliphatic rings. The van der Waals surface area contributed by atoms with Crippen LogP contribution in [-0.2, 0) is 10.2 Å². The molecule has 2 rings (SSSR count). The Labute approximate surface area is 105 Å². The first-order valence-corrected chi connectivity index (χ1v) is 6.33. The second-order valence-corrected chi connectivity index (χ2v) is 5.08. The van der Waals surface area contributed by atoms with Crippen molar-refractivity contribution in [3.05, 3.63) is 34.3 Å². The zero-order valence-corrected chi connectivity index (χ0v) is 11.0. The van der Waals surface area contributed by atoms with Crippen LogP contribution in [0, 0.1) is 0 Å². The number of benzene rings is 1. The van der Waals surface area contributed by atoms with E-state index in [1.165, 1.54) is 5.56 Å². The molecule has 0 aliphatic carbocycles. The molecule has 86 valence electrons. The number of hydrogen-bond donors (Lipinski definition) is 0. The van der Waals surface area contributed by atoms with Gasteiger partial charge in [0.05, 0.1) is 0 Å². The molecule has 0 N–H and O–H groups in total. The van der Waals surface area contributed by atoms with Gasteiger partial charge < -0.3 is 4.74 Å². The van der Waals surface area contributed by atoms with Crippen molar-refractivity contribution in [2.75, 3.05) is 20.3 Å². The largest absolute Gasteiger partial charge is 0.381 e. The van der Waals surface area contributed by atoms with E-state index in [-0.39, 0.29) is 5.41 Å². The van der Waals surface area contributed by atoms with E-state index in [1.54, 1.807) is 0 Å². The molecule has 1 heterocycles. The summed E-state index contributed by atoms with van der Waals surface area (Å²) < 4.78 is 6.57. The summed E-state index contributed by atoms with van der Waals surface area (Å²) in [6.45, 7) is 1.64. The van der Waals surface area contributed by atoms with Crippen LogP contribution < -0.4 is 0 Å². The minimum absolute atomic E-state index is 0.0662. The maximum atomic E-state index is 5.45. The summed E-state index contributed by atoms with van der Waals surface area (Å²) in [5.74, 6) is 0. The fourth-order valence-electron chi connectivity index (χ4n) is 2.27. The Morgan fingerprint density at radius 1 is 1.38 bits per heavy atom. The molecule has 0 amide bonds. The second kappa shape index (κ2) is 5.11. The van der Waals surface area contributed by atoms with Gasteiger partial charge in [-0.3, -0.25) is 4.99 Å². The van der Waals surface area contributed by atoms with Gasteiger partial charge >= 0.3 is 0 Å². The molecule has 16 heavy (non-hydrogen) atoms. The predicted octanol–water partition coefficient (Wildman–Crippen LogP) is 3.20. The van der Waals surface area contributed by atoms with Crippen LogP contribution >= 0.6 is 15.9 Å². The molecule has 0 bridgehead atoms. The first-order valence-electron chi connectivity index (χ1n) is 5.54. The topological polar surface area (TPSA) is 21.6 Å². The Kier molecular flexibility index (Phi) is 3.77. The van der Waals surface area contributed by atoms with Gasteiger partial charge in [0.1, 0.15) is 0 Å². The van der Waals surface area contributed by atoms with E-state index in [1.807, 2.05) is 7.05 Å². The fourth-order valence-corrected chi connectivity index (χ4v) is 2.67. The summed E-state index contributed by atoms with van der Waals surface area (Å²) >= 11 is 3.53. The van der Waals surface area contributed by atoms with Gasteiger partial charge in [-0.2, -0.15) is 0 Å². The molecular weight excluding hydrogens is 266 g/mol. The van der Waals surface area contributed by atoms with Crippen molar-refractivity contribution < 1.29 is 4.74 Å². The van der Waals surface area contributed by atoms with Crippen LogP contribution in [0.15, 0.2) is 33.7 Å². The summed E-state index contributed by atoms with van der Waals surface area (Å²) in [4.78, 5) is 4.24. The van der Waals surface area contributed by atoms with Gasteiger partial charge in [0, 0.05) is 36.4 Å². The van der Waals surface area contributed by atoms with Crippen molar-refractivity contribution in [3.63, 3.8) is 0 Å². The molecule has 1 aromatic rings. The minimum Gasteiger partial charge on any atom is -0.381 e. The number of halogens is 1. The molecule has 1 aromatic carbocycles. The molecule has 1 fully saturated rings. The zero-order valence-electron chi connectivity index (χ0n) is 9.45. The third-order valence-corrected chi connectivity index (χ3v) is 3.65. The van der Waals surface area contributed by atoms with Gasteiger partial charge in [0.25, 0.3) is 0 Å². The third-order valence-electron chi connectivity index (χ3n) is 3.16. The molecule has 0 atom stereocenters. The zero-order chi connectivity index (χ0) is 11.4. The highest BCUT2D eigenvalue weighted by molar-refractivity contribution is 9.10. The average molecular weight is 282 g/mol. The highest BCUT2D eigenvalue weighted by Crippen LogP contribution is 2.34. The van der Waals surface area contributed by atoms with E-state index in [0.717, 1.165) is 30.5 Å². The smallest absolute Gasteiger partial charge is 0.0478 e. The lowest BCUT2D eigenvalue weighted by atomic mass is 9.75. The fraction of sp³-hybridized carbons (Fsp3) is 0.462. The van der Waals surface area contributed by atoms with E-state index in [4.69, 9.17) is 4.74 Å². The second-order valence-electron chi connectivity index (χ2n) is 4.17. The lowest BCUT2D eigenvalue weighted by Crippen LogP contribution is -2.35. The van der Waals surface area contributed by atoms with Gasteiger partial charge in [-0.25, -0.2) is 0 Å². The molecule has 3 heteroatoms. The lowest BCUT2D eigenvalue weighted by Gasteiger charge is -2.34. The molecule has 1 aliphatic heterocycles. The Balaban J connectivity index is 2.38. The molecule has 0 unspecified atom stereocenters. The quantitative estimate of drug-likeness (QED) is 0.763. The highest BCUT2D eigenvalue weighted by Gasteiger charge is 2.32. The van der Waals surface area contributed by atoms with Crippen LogP contribution in [0.1, 0.15) is 18.4 Å². The molecule has 0 spiro atoms. The highest BCUT2D eigenvalue weighted by atomic mass is 79.9. The van der Waals surface area contributed by atoms with E-state index in [9.17, 15) is 0 Å². The molecular formula is C13H16BrNO. The number of nitrogens with zero attached hydrogens (tertiary/aromatic N) is 1. The van der Waals surface area contributed by atoms with E-state index >= 15 is 0 Å². The average Bonchev–Trinajstić information content (AvgIpc) is 2.31. The van der Waals surface area contributed by atoms with Crippen molar-refractivity contribution >= 4 is 22.1 Å². The molecule has 2 nitrogen and oxygen atoms in total. The van der Waals surface area contributed by atoms with E-state index in [0.29, 0.717) is 0 Å². The van der Waals surface area contributed by atoms with Gasteiger partial charge in [-0.1, -0.05) is 28.1 Å². The summed E-state index contributed by atoms with van der Waals surface area (Å²) in [6.07, 6.45) is 4.11. The molecule has 0 aromatic heterocycles. The van der Waals surface area contributed by atoms with E-state index < -0.39 is 0 Å². The van der Waals surface area contributed by atoms with Crippen molar-refractivity contribution in [2.24, 2.45) is 4.99 Å². The van der Waals surface area contributed by atoms with Gasteiger partial charge in [-0.05, 0) is 30.5 Å². The predicted molar refractivity (Wildman–Crippen MR) is 70.3 cm³/mol. The van der Waals surface area contributed by atoms with Crippen LogP contribution in [0.25, 0.3) is 0 Å². The SMILES string of the molecule is C/N=C/C1(c2cccc(Br)c2)CCOCC1. The number of ether oxygens (including phenoxy) is 1. The van der Waals surface area contributed by atoms with Crippen LogP contribution in [0.2, 0.25) is 0 Å². The molecule has 1 saturated heterocycles. The Morgan fingerprint density at radius 2 is 2.12 bits per heavy atom. The van der Waals surface area contributed by atoms with Crippen LogP contribution in [-0.4, -0.2) is 26.5 Å². The van der Waals surface area contributed by atoms with Gasteiger partial charge in [-0.15, -0.1) is 0 Å². The van der Waals surface area contributed by atoms with E-state index in [2.05, 4.69) is 51.4 Å². The summed E-state index contributed by atoms with van der Waals surface area (Å²) in [5.41, 5.74) is 1.40. The maximum Gasteiger partial charge on any atom is 0.0478 e. The van der Waals surface area contributed by atoms with Crippen molar-refractivity contribution in [1.29, 1.82) is 0 Å². The normalized spacial score (nSPS) is 20.1. The van der Waals surface area contributed by atoms with Crippen molar-refractivity contribution in [2.45, 2.75) is 18.3 Å². The summed E-state index contributed by atoms with van der Waals surface area (Å²) in [7, 11) is 1.84. The van der Waals surface area contributed by atoms with Crippen LogP contribution in [0.4, 0.5) is 0 Å². The Hall–Kier alpha value is -0.670. The molecule has 0 saturated carbocycles. The summed E-state index contributed by atoms with van der Waals surface area (Å²) in [6, 6.07) is 8.50. The van der Waals surface area contributed by atoms with Crippen LogP contribution in [0.3, 0.4) is 0 Å².